The van der Waals surface area contributed by atoms with Crippen molar-refractivity contribution < 1.29 is 9.59 Å². The molecule has 1 atom stereocenters. The van der Waals surface area contributed by atoms with Gasteiger partial charge in [-0.15, -0.1) is 0 Å². The van der Waals surface area contributed by atoms with E-state index in [0.717, 1.165) is 37.1 Å². The van der Waals surface area contributed by atoms with E-state index in [-0.39, 0.29) is 18.2 Å². The highest BCUT2D eigenvalue weighted by Crippen LogP contribution is 2.22. The zero-order chi connectivity index (χ0) is 19.2. The quantitative estimate of drug-likeness (QED) is 0.793. The maximum atomic E-state index is 12.9. The van der Waals surface area contributed by atoms with Gasteiger partial charge in [0.1, 0.15) is 6.04 Å². The van der Waals surface area contributed by atoms with Crippen molar-refractivity contribution >= 4 is 35.0 Å². The molecule has 0 radical (unpaired) electrons. The standard InChI is InChI=1S/C21H22Cl2N2O2/c22-17-9-8-16(12-18(17)23)14-20(26)24-19(13-15-6-2-1-3-7-15)21(27)25-10-4-5-11-25/h1-3,6-9,12,19H,4-5,10-11,13-14H2,(H,24,26). The topological polar surface area (TPSA) is 49.4 Å². The number of nitrogens with one attached hydrogen (secondary N) is 1. The Bertz CT molecular complexity index is 805. The van der Waals surface area contributed by atoms with E-state index < -0.39 is 6.04 Å². The van der Waals surface area contributed by atoms with Gasteiger partial charge in [-0.3, -0.25) is 9.59 Å². The SMILES string of the molecule is O=C(Cc1ccc(Cl)c(Cl)c1)NC(Cc1ccccc1)C(=O)N1CCCC1. The van der Waals surface area contributed by atoms with E-state index in [0.29, 0.717) is 16.5 Å². The first kappa shape index (κ1) is 19.7. The first-order valence-corrected chi connectivity index (χ1v) is 9.84. The van der Waals surface area contributed by atoms with Crippen molar-refractivity contribution in [3.63, 3.8) is 0 Å². The first-order chi connectivity index (χ1) is 13.0. The second-order valence-corrected chi connectivity index (χ2v) is 7.58. The monoisotopic (exact) mass is 404 g/mol. The minimum atomic E-state index is -0.569. The van der Waals surface area contributed by atoms with Crippen molar-refractivity contribution in [2.75, 3.05) is 13.1 Å². The fourth-order valence-corrected chi connectivity index (χ4v) is 3.61. The smallest absolute Gasteiger partial charge is 0.245 e. The zero-order valence-electron chi connectivity index (χ0n) is 15.0. The van der Waals surface area contributed by atoms with Crippen molar-refractivity contribution in [2.45, 2.75) is 31.7 Å². The minimum absolute atomic E-state index is 0.0150. The molecule has 2 amide bonds. The third kappa shape index (κ3) is 5.47. The fourth-order valence-electron chi connectivity index (χ4n) is 3.29. The second-order valence-electron chi connectivity index (χ2n) is 6.77. The van der Waals surface area contributed by atoms with Crippen LogP contribution in [-0.4, -0.2) is 35.8 Å². The van der Waals surface area contributed by atoms with Crippen LogP contribution in [0.15, 0.2) is 48.5 Å². The molecule has 6 heteroatoms. The lowest BCUT2D eigenvalue weighted by atomic mass is 10.0. The molecule has 2 aromatic carbocycles. The van der Waals surface area contributed by atoms with Crippen LogP contribution in [0.2, 0.25) is 10.0 Å². The number of hydrogen-bond donors (Lipinski definition) is 1. The number of nitrogens with zero attached hydrogens (tertiary/aromatic N) is 1. The second kappa shape index (κ2) is 9.25. The molecule has 3 rings (SSSR count). The maximum Gasteiger partial charge on any atom is 0.245 e. The number of carbonyl (C=O) groups excluding carboxylic acids is 2. The van der Waals surface area contributed by atoms with Gasteiger partial charge in [-0.05, 0) is 36.1 Å². The van der Waals surface area contributed by atoms with Gasteiger partial charge in [-0.25, -0.2) is 0 Å². The summed E-state index contributed by atoms with van der Waals surface area (Å²) in [4.78, 5) is 27.3. The van der Waals surface area contributed by atoms with E-state index in [1.165, 1.54) is 0 Å². The predicted octanol–water partition coefficient (Wildman–Crippen LogP) is 3.89. The summed E-state index contributed by atoms with van der Waals surface area (Å²) in [5.74, 6) is -0.222. The van der Waals surface area contributed by atoms with Gasteiger partial charge in [-0.2, -0.15) is 0 Å². The summed E-state index contributed by atoms with van der Waals surface area (Å²) in [6.45, 7) is 1.51. The molecule has 1 unspecified atom stereocenters. The molecule has 1 fully saturated rings. The fraction of sp³-hybridized carbons (Fsp3) is 0.333. The molecule has 4 nitrogen and oxygen atoms in total. The Labute approximate surface area is 169 Å². The number of rotatable bonds is 6. The molecule has 2 aromatic rings. The number of likely N-dealkylation sites (tertiary alicyclic amines) is 1. The van der Waals surface area contributed by atoms with Crippen LogP contribution in [0.4, 0.5) is 0 Å². The number of halogens is 2. The number of benzene rings is 2. The first-order valence-electron chi connectivity index (χ1n) is 9.09. The van der Waals surface area contributed by atoms with Crippen LogP contribution in [0, 0.1) is 0 Å². The normalized spacial score (nSPS) is 14.8. The summed E-state index contributed by atoms with van der Waals surface area (Å²) in [6, 6.07) is 14.3. The number of hydrogen-bond acceptors (Lipinski definition) is 2. The average molecular weight is 405 g/mol. The highest BCUT2D eigenvalue weighted by molar-refractivity contribution is 6.42. The summed E-state index contributed by atoms with van der Waals surface area (Å²) < 4.78 is 0. The van der Waals surface area contributed by atoms with Gasteiger partial charge >= 0.3 is 0 Å². The van der Waals surface area contributed by atoms with Gasteiger partial charge in [-0.1, -0.05) is 59.6 Å². The third-order valence-electron chi connectivity index (χ3n) is 4.68. The molecule has 27 heavy (non-hydrogen) atoms. The summed E-state index contributed by atoms with van der Waals surface area (Å²) in [5.41, 5.74) is 1.78. The van der Waals surface area contributed by atoms with Gasteiger partial charge in [0.05, 0.1) is 16.5 Å². The van der Waals surface area contributed by atoms with Crippen molar-refractivity contribution in [3.8, 4) is 0 Å². The van der Waals surface area contributed by atoms with Crippen molar-refractivity contribution in [3.05, 3.63) is 69.7 Å². The van der Waals surface area contributed by atoms with Gasteiger partial charge < -0.3 is 10.2 Å². The van der Waals surface area contributed by atoms with Crippen LogP contribution >= 0.6 is 23.2 Å². The minimum Gasteiger partial charge on any atom is -0.344 e. The van der Waals surface area contributed by atoms with E-state index in [1.807, 2.05) is 35.2 Å². The van der Waals surface area contributed by atoms with Crippen LogP contribution < -0.4 is 5.32 Å². The van der Waals surface area contributed by atoms with Crippen LogP contribution in [-0.2, 0) is 22.4 Å². The largest absolute Gasteiger partial charge is 0.344 e. The maximum absolute atomic E-state index is 12.9. The van der Waals surface area contributed by atoms with Crippen LogP contribution in [0.25, 0.3) is 0 Å². The van der Waals surface area contributed by atoms with Crippen molar-refractivity contribution in [2.24, 2.45) is 0 Å². The summed E-state index contributed by atoms with van der Waals surface area (Å²) in [7, 11) is 0. The summed E-state index contributed by atoms with van der Waals surface area (Å²) >= 11 is 11.9. The third-order valence-corrected chi connectivity index (χ3v) is 5.42. The van der Waals surface area contributed by atoms with E-state index >= 15 is 0 Å². The Morgan fingerprint density at radius 2 is 1.67 bits per heavy atom. The number of amides is 2. The summed E-state index contributed by atoms with van der Waals surface area (Å²) in [6.07, 6.45) is 2.65. The van der Waals surface area contributed by atoms with Crippen LogP contribution in [0.3, 0.4) is 0 Å². The molecule has 1 heterocycles. The van der Waals surface area contributed by atoms with Gasteiger partial charge in [0.25, 0.3) is 0 Å². The predicted molar refractivity (Wildman–Crippen MR) is 108 cm³/mol. The molecule has 142 valence electrons. The Morgan fingerprint density at radius 3 is 2.33 bits per heavy atom. The molecular formula is C21H22Cl2N2O2. The molecule has 1 aliphatic rings. The van der Waals surface area contributed by atoms with E-state index in [9.17, 15) is 9.59 Å². The molecule has 1 saturated heterocycles. The molecule has 0 aliphatic carbocycles. The van der Waals surface area contributed by atoms with E-state index in [4.69, 9.17) is 23.2 Å². The van der Waals surface area contributed by atoms with Crippen molar-refractivity contribution in [1.29, 1.82) is 0 Å². The molecule has 1 aliphatic heterocycles. The Hall–Kier alpha value is -2.04. The zero-order valence-corrected chi connectivity index (χ0v) is 16.5. The molecule has 0 saturated carbocycles. The van der Waals surface area contributed by atoms with Gasteiger partial charge in [0, 0.05) is 19.5 Å². The molecule has 0 bridgehead atoms. The van der Waals surface area contributed by atoms with E-state index in [1.54, 1.807) is 18.2 Å². The van der Waals surface area contributed by atoms with E-state index in [2.05, 4.69) is 5.32 Å². The lowest BCUT2D eigenvalue weighted by molar-refractivity contribution is -0.135. The lowest BCUT2D eigenvalue weighted by Crippen LogP contribution is -2.49. The summed E-state index contributed by atoms with van der Waals surface area (Å²) in [5, 5.41) is 3.78. The number of carbonyl (C=O) groups is 2. The van der Waals surface area contributed by atoms with Crippen LogP contribution in [0.5, 0.6) is 0 Å². The van der Waals surface area contributed by atoms with Crippen molar-refractivity contribution in [1.82, 2.24) is 10.2 Å². The Kier molecular flexibility index (Phi) is 6.75. The van der Waals surface area contributed by atoms with Gasteiger partial charge in [0.2, 0.25) is 11.8 Å². The highest BCUT2D eigenvalue weighted by Gasteiger charge is 2.28. The molecular weight excluding hydrogens is 383 g/mol. The van der Waals surface area contributed by atoms with Crippen LogP contribution in [0.1, 0.15) is 24.0 Å². The highest BCUT2D eigenvalue weighted by atomic mass is 35.5. The Morgan fingerprint density at radius 1 is 0.963 bits per heavy atom. The lowest BCUT2D eigenvalue weighted by Gasteiger charge is -2.24. The molecule has 0 spiro atoms. The average Bonchev–Trinajstić information content (AvgIpc) is 3.19. The Balaban J connectivity index is 1.70. The van der Waals surface area contributed by atoms with Gasteiger partial charge in [0.15, 0.2) is 0 Å². The molecule has 1 N–H and O–H groups in total. The molecule has 0 aromatic heterocycles.